The number of hydrogen-bond donors (Lipinski definition) is 0. The van der Waals surface area contributed by atoms with Gasteiger partial charge < -0.3 is 4.74 Å². The van der Waals surface area contributed by atoms with E-state index in [9.17, 15) is 0 Å². The molecular weight excluding hydrogens is 254 g/mol. The standard InChI is InChI=1S/C14H19N5O/c1-11-7-16-13(8-15-11)14-10-19(5-6-20-14)9-12-3-4-18(2)17-12/h3-4,7-8,14H,5-6,9-10H2,1-2H3/t14-/m1/s1. The molecule has 6 nitrogen and oxygen atoms in total. The highest BCUT2D eigenvalue weighted by atomic mass is 16.5. The van der Waals surface area contributed by atoms with Gasteiger partial charge in [0, 0.05) is 39.1 Å². The minimum atomic E-state index is 0.000521. The molecule has 0 amide bonds. The van der Waals surface area contributed by atoms with Gasteiger partial charge in [0.25, 0.3) is 0 Å². The van der Waals surface area contributed by atoms with E-state index in [0.717, 1.165) is 36.7 Å². The number of morpholine rings is 1. The first-order valence-corrected chi connectivity index (χ1v) is 6.82. The Labute approximate surface area is 118 Å². The number of nitrogens with zero attached hydrogens (tertiary/aromatic N) is 5. The summed E-state index contributed by atoms with van der Waals surface area (Å²) in [7, 11) is 1.94. The van der Waals surface area contributed by atoms with Crippen molar-refractivity contribution in [3.63, 3.8) is 0 Å². The molecule has 1 aliphatic rings. The Morgan fingerprint density at radius 3 is 2.95 bits per heavy atom. The van der Waals surface area contributed by atoms with Crippen LogP contribution in [0.5, 0.6) is 0 Å². The molecule has 0 bridgehead atoms. The van der Waals surface area contributed by atoms with Crippen molar-refractivity contribution in [1.82, 2.24) is 24.6 Å². The minimum Gasteiger partial charge on any atom is -0.369 e. The van der Waals surface area contributed by atoms with E-state index in [2.05, 4.69) is 26.0 Å². The van der Waals surface area contributed by atoms with Crippen molar-refractivity contribution in [2.24, 2.45) is 7.05 Å². The third-order valence-corrected chi connectivity index (χ3v) is 3.44. The Balaban J connectivity index is 1.65. The molecule has 1 fully saturated rings. The van der Waals surface area contributed by atoms with Crippen molar-refractivity contribution < 1.29 is 4.74 Å². The number of hydrogen-bond acceptors (Lipinski definition) is 5. The van der Waals surface area contributed by atoms with Gasteiger partial charge in [-0.1, -0.05) is 0 Å². The van der Waals surface area contributed by atoms with Gasteiger partial charge in [-0.15, -0.1) is 0 Å². The van der Waals surface area contributed by atoms with Crippen molar-refractivity contribution in [3.8, 4) is 0 Å². The van der Waals surface area contributed by atoms with E-state index in [1.54, 1.807) is 6.20 Å². The molecule has 1 aliphatic heterocycles. The van der Waals surface area contributed by atoms with Crippen LogP contribution in [0.4, 0.5) is 0 Å². The molecule has 0 unspecified atom stereocenters. The lowest BCUT2D eigenvalue weighted by Gasteiger charge is -2.31. The molecule has 0 saturated carbocycles. The highest BCUT2D eigenvalue weighted by Gasteiger charge is 2.23. The zero-order chi connectivity index (χ0) is 13.9. The van der Waals surface area contributed by atoms with Gasteiger partial charge >= 0.3 is 0 Å². The SMILES string of the molecule is Cc1cnc([C@H]2CN(Cc3ccn(C)n3)CCO2)cn1. The average Bonchev–Trinajstić information content (AvgIpc) is 2.85. The molecule has 3 heterocycles. The molecule has 0 radical (unpaired) electrons. The van der Waals surface area contributed by atoms with E-state index >= 15 is 0 Å². The Kier molecular flexibility index (Phi) is 3.75. The summed E-state index contributed by atoms with van der Waals surface area (Å²) < 4.78 is 7.64. The highest BCUT2D eigenvalue weighted by molar-refractivity contribution is 5.06. The van der Waals surface area contributed by atoms with Crippen molar-refractivity contribution in [2.45, 2.75) is 19.6 Å². The fourth-order valence-corrected chi connectivity index (χ4v) is 2.37. The molecule has 6 heteroatoms. The quantitative estimate of drug-likeness (QED) is 0.838. The summed E-state index contributed by atoms with van der Waals surface area (Å²) in [6, 6.07) is 2.05. The normalized spacial score (nSPS) is 20.2. The van der Waals surface area contributed by atoms with Gasteiger partial charge in [0.1, 0.15) is 6.10 Å². The number of rotatable bonds is 3. The molecule has 20 heavy (non-hydrogen) atoms. The van der Waals surface area contributed by atoms with E-state index in [1.807, 2.05) is 31.0 Å². The van der Waals surface area contributed by atoms with Crippen molar-refractivity contribution >= 4 is 0 Å². The molecule has 1 saturated heterocycles. The summed E-state index contributed by atoms with van der Waals surface area (Å²) in [6.45, 7) is 5.25. The molecule has 0 N–H and O–H groups in total. The summed E-state index contributed by atoms with van der Waals surface area (Å²) in [5.41, 5.74) is 2.92. The maximum Gasteiger partial charge on any atom is 0.114 e. The third kappa shape index (κ3) is 3.02. The van der Waals surface area contributed by atoms with Gasteiger partial charge in [-0.05, 0) is 13.0 Å². The van der Waals surface area contributed by atoms with Crippen LogP contribution in [0.1, 0.15) is 23.2 Å². The second-order valence-electron chi connectivity index (χ2n) is 5.16. The van der Waals surface area contributed by atoms with E-state index in [0.29, 0.717) is 6.61 Å². The molecule has 2 aromatic rings. The number of aromatic nitrogens is 4. The smallest absolute Gasteiger partial charge is 0.114 e. The molecule has 0 spiro atoms. The lowest BCUT2D eigenvalue weighted by atomic mass is 10.2. The Hall–Kier alpha value is -1.79. The number of aryl methyl sites for hydroxylation is 2. The fraction of sp³-hybridized carbons (Fsp3) is 0.500. The van der Waals surface area contributed by atoms with Crippen molar-refractivity contribution in [2.75, 3.05) is 19.7 Å². The Morgan fingerprint density at radius 2 is 2.25 bits per heavy atom. The van der Waals surface area contributed by atoms with Crippen LogP contribution in [0, 0.1) is 6.92 Å². The molecule has 1 atom stereocenters. The maximum atomic E-state index is 5.81. The summed E-state index contributed by atoms with van der Waals surface area (Å²) in [4.78, 5) is 11.0. The van der Waals surface area contributed by atoms with Crippen LogP contribution in [0.2, 0.25) is 0 Å². The second-order valence-corrected chi connectivity index (χ2v) is 5.16. The first-order chi connectivity index (χ1) is 9.70. The van der Waals surface area contributed by atoms with Crippen LogP contribution >= 0.6 is 0 Å². The molecule has 106 valence electrons. The zero-order valence-electron chi connectivity index (χ0n) is 11.9. The van der Waals surface area contributed by atoms with Gasteiger partial charge in [0.15, 0.2) is 0 Å². The van der Waals surface area contributed by atoms with Crippen molar-refractivity contribution in [1.29, 1.82) is 0 Å². The minimum absolute atomic E-state index is 0.000521. The highest BCUT2D eigenvalue weighted by Crippen LogP contribution is 2.20. The van der Waals surface area contributed by atoms with E-state index in [1.165, 1.54) is 0 Å². The Bertz CT molecular complexity index is 565. The summed E-state index contributed by atoms with van der Waals surface area (Å²) >= 11 is 0. The number of ether oxygens (including phenoxy) is 1. The molecule has 2 aromatic heterocycles. The van der Waals surface area contributed by atoms with Gasteiger partial charge in [-0.2, -0.15) is 5.10 Å². The third-order valence-electron chi connectivity index (χ3n) is 3.44. The maximum absolute atomic E-state index is 5.81. The van der Waals surface area contributed by atoms with Crippen LogP contribution in [-0.2, 0) is 18.3 Å². The van der Waals surface area contributed by atoms with Gasteiger partial charge in [0.2, 0.25) is 0 Å². The van der Waals surface area contributed by atoms with Crippen LogP contribution in [0.3, 0.4) is 0 Å². The zero-order valence-corrected chi connectivity index (χ0v) is 11.9. The molecule has 0 aromatic carbocycles. The topological polar surface area (TPSA) is 56.1 Å². The van der Waals surface area contributed by atoms with E-state index in [-0.39, 0.29) is 6.10 Å². The monoisotopic (exact) mass is 273 g/mol. The van der Waals surface area contributed by atoms with Crippen LogP contribution in [-0.4, -0.2) is 44.3 Å². The summed E-state index contributed by atoms with van der Waals surface area (Å²) in [5.74, 6) is 0. The molecule has 3 rings (SSSR count). The van der Waals surface area contributed by atoms with E-state index in [4.69, 9.17) is 4.74 Å². The lowest BCUT2D eigenvalue weighted by Crippen LogP contribution is -2.38. The summed E-state index contributed by atoms with van der Waals surface area (Å²) in [6.07, 6.45) is 5.57. The first kappa shape index (κ1) is 13.2. The van der Waals surface area contributed by atoms with Gasteiger partial charge in [0.05, 0.1) is 29.9 Å². The van der Waals surface area contributed by atoms with Crippen LogP contribution < -0.4 is 0 Å². The molecule has 0 aliphatic carbocycles. The lowest BCUT2D eigenvalue weighted by molar-refractivity contribution is -0.0355. The van der Waals surface area contributed by atoms with Gasteiger partial charge in [-0.3, -0.25) is 19.5 Å². The predicted octanol–water partition coefficient (Wildman–Crippen LogP) is 1.09. The van der Waals surface area contributed by atoms with Crippen LogP contribution in [0.15, 0.2) is 24.7 Å². The largest absolute Gasteiger partial charge is 0.369 e. The molecular formula is C14H19N5O. The summed E-state index contributed by atoms with van der Waals surface area (Å²) in [5, 5.41) is 4.42. The Morgan fingerprint density at radius 1 is 1.35 bits per heavy atom. The predicted molar refractivity (Wildman–Crippen MR) is 73.9 cm³/mol. The second kappa shape index (κ2) is 5.68. The van der Waals surface area contributed by atoms with Gasteiger partial charge in [-0.25, -0.2) is 0 Å². The van der Waals surface area contributed by atoms with Crippen molar-refractivity contribution in [3.05, 3.63) is 41.7 Å². The fourth-order valence-electron chi connectivity index (χ4n) is 2.37. The van der Waals surface area contributed by atoms with E-state index < -0.39 is 0 Å². The van der Waals surface area contributed by atoms with Crippen LogP contribution in [0.25, 0.3) is 0 Å². The first-order valence-electron chi connectivity index (χ1n) is 6.82. The average molecular weight is 273 g/mol.